The minimum Gasteiger partial charge on any atom is -0.385 e. The van der Waals surface area contributed by atoms with Gasteiger partial charge < -0.3 is 9.63 Å². The van der Waals surface area contributed by atoms with Gasteiger partial charge in [-0.25, -0.2) is 0 Å². The molecule has 0 radical (unpaired) electrons. The summed E-state index contributed by atoms with van der Waals surface area (Å²) in [6.45, 7) is 3.60. The number of hydrogen-bond donors (Lipinski definition) is 1. The quantitative estimate of drug-likeness (QED) is 0.871. The second kappa shape index (κ2) is 4.28. The summed E-state index contributed by atoms with van der Waals surface area (Å²) in [5.74, 6) is 0.437. The van der Waals surface area contributed by atoms with Gasteiger partial charge in [0, 0.05) is 11.6 Å². The van der Waals surface area contributed by atoms with Crippen LogP contribution in [0.1, 0.15) is 24.4 Å². The third-order valence-corrected chi connectivity index (χ3v) is 2.65. The molecule has 2 aromatic rings. The zero-order valence-electron chi connectivity index (χ0n) is 9.07. The molecule has 0 aliphatic heterocycles. The summed E-state index contributed by atoms with van der Waals surface area (Å²) in [6, 6.07) is 7.41. The second-order valence-corrected chi connectivity index (χ2v) is 4.18. The fourth-order valence-electron chi connectivity index (χ4n) is 1.44. The van der Waals surface area contributed by atoms with Crippen LogP contribution in [0.3, 0.4) is 0 Å². The van der Waals surface area contributed by atoms with Crippen LogP contribution in [0.15, 0.2) is 28.8 Å². The Morgan fingerprint density at radius 1 is 1.38 bits per heavy atom. The monoisotopic (exact) mass is 237 g/mol. The van der Waals surface area contributed by atoms with Crippen molar-refractivity contribution >= 4 is 11.6 Å². The summed E-state index contributed by atoms with van der Waals surface area (Å²) in [4.78, 5) is 0. The molecule has 84 valence electrons. The number of halogens is 1. The van der Waals surface area contributed by atoms with Gasteiger partial charge in [-0.15, -0.1) is 0 Å². The van der Waals surface area contributed by atoms with E-state index in [2.05, 4.69) is 5.16 Å². The molecule has 0 aliphatic carbocycles. The molecule has 0 saturated heterocycles. The van der Waals surface area contributed by atoms with Crippen molar-refractivity contribution in [3.05, 3.63) is 40.6 Å². The number of hydrogen-bond acceptors (Lipinski definition) is 3. The highest BCUT2D eigenvalue weighted by molar-refractivity contribution is 6.33. The predicted molar refractivity (Wildman–Crippen MR) is 62.3 cm³/mol. The number of aromatic nitrogens is 1. The minimum atomic E-state index is -0.662. The fourth-order valence-corrected chi connectivity index (χ4v) is 1.77. The molecular formula is C12H12ClNO2. The molecule has 1 aromatic heterocycles. The third kappa shape index (κ3) is 2.10. The molecule has 0 fully saturated rings. The summed E-state index contributed by atoms with van der Waals surface area (Å²) in [5.41, 5.74) is 2.54. The first-order valence-corrected chi connectivity index (χ1v) is 5.37. The van der Waals surface area contributed by atoms with Gasteiger partial charge in [0.05, 0.1) is 5.02 Å². The summed E-state index contributed by atoms with van der Waals surface area (Å²) in [5, 5.41) is 13.8. The topological polar surface area (TPSA) is 46.3 Å². The molecule has 1 aromatic carbocycles. The van der Waals surface area contributed by atoms with Gasteiger partial charge >= 0.3 is 0 Å². The Balaban J connectivity index is 2.42. The molecule has 1 unspecified atom stereocenters. The van der Waals surface area contributed by atoms with Crippen LogP contribution in [0, 0.1) is 6.92 Å². The number of nitrogens with zero attached hydrogens (tertiary/aromatic N) is 1. The lowest BCUT2D eigenvalue weighted by Crippen LogP contribution is -1.85. The van der Waals surface area contributed by atoms with Crippen LogP contribution in [0.5, 0.6) is 0 Å². The van der Waals surface area contributed by atoms with Gasteiger partial charge in [-0.05, 0) is 25.5 Å². The Labute approximate surface area is 98.6 Å². The highest BCUT2D eigenvalue weighted by Crippen LogP contribution is 2.29. The lowest BCUT2D eigenvalue weighted by atomic mass is 10.1. The van der Waals surface area contributed by atoms with Gasteiger partial charge in [0.2, 0.25) is 0 Å². The van der Waals surface area contributed by atoms with E-state index in [1.807, 2.05) is 25.1 Å². The van der Waals surface area contributed by atoms with Crippen LogP contribution in [-0.2, 0) is 0 Å². The van der Waals surface area contributed by atoms with Gasteiger partial charge in [0.15, 0.2) is 5.76 Å². The van der Waals surface area contributed by atoms with Crippen molar-refractivity contribution in [3.8, 4) is 11.3 Å². The van der Waals surface area contributed by atoms with E-state index in [1.165, 1.54) is 0 Å². The van der Waals surface area contributed by atoms with Gasteiger partial charge in [-0.3, -0.25) is 0 Å². The van der Waals surface area contributed by atoms with Crippen molar-refractivity contribution in [1.82, 2.24) is 5.16 Å². The SMILES string of the molecule is Cc1ccc(-c2cc(C(C)O)on2)c(Cl)c1. The molecule has 0 aliphatic rings. The van der Waals surface area contributed by atoms with Crippen molar-refractivity contribution in [2.45, 2.75) is 20.0 Å². The highest BCUT2D eigenvalue weighted by Gasteiger charge is 2.12. The first-order chi connectivity index (χ1) is 7.58. The smallest absolute Gasteiger partial charge is 0.165 e. The van der Waals surface area contributed by atoms with E-state index in [4.69, 9.17) is 16.1 Å². The van der Waals surface area contributed by atoms with E-state index in [1.54, 1.807) is 13.0 Å². The Bertz CT molecular complexity index is 505. The van der Waals surface area contributed by atoms with Gasteiger partial charge in [-0.2, -0.15) is 0 Å². The van der Waals surface area contributed by atoms with Crippen LogP contribution < -0.4 is 0 Å². The van der Waals surface area contributed by atoms with E-state index in [9.17, 15) is 5.11 Å². The number of benzene rings is 1. The van der Waals surface area contributed by atoms with E-state index in [0.29, 0.717) is 16.5 Å². The molecule has 0 spiro atoms. The second-order valence-electron chi connectivity index (χ2n) is 3.77. The molecule has 1 N–H and O–H groups in total. The molecule has 1 atom stereocenters. The zero-order valence-corrected chi connectivity index (χ0v) is 9.82. The standard InChI is InChI=1S/C12H12ClNO2/c1-7-3-4-9(10(13)5-7)11-6-12(8(2)15)16-14-11/h3-6,8,15H,1-2H3. The third-order valence-electron chi connectivity index (χ3n) is 2.34. The minimum absolute atomic E-state index is 0.437. The average Bonchev–Trinajstić information content (AvgIpc) is 2.66. The van der Waals surface area contributed by atoms with Crippen molar-refractivity contribution in [2.75, 3.05) is 0 Å². The number of rotatable bonds is 2. The molecule has 4 heteroatoms. The van der Waals surface area contributed by atoms with Crippen molar-refractivity contribution in [1.29, 1.82) is 0 Å². The molecular weight excluding hydrogens is 226 g/mol. The van der Waals surface area contributed by atoms with E-state index >= 15 is 0 Å². The van der Waals surface area contributed by atoms with Gasteiger partial charge in [-0.1, -0.05) is 28.9 Å². The average molecular weight is 238 g/mol. The summed E-state index contributed by atoms with van der Waals surface area (Å²) in [7, 11) is 0. The van der Waals surface area contributed by atoms with Crippen LogP contribution in [0.2, 0.25) is 5.02 Å². The number of aliphatic hydroxyl groups excluding tert-OH is 1. The maximum Gasteiger partial charge on any atom is 0.165 e. The normalized spacial score (nSPS) is 12.8. The van der Waals surface area contributed by atoms with Gasteiger partial charge in [0.25, 0.3) is 0 Å². The number of aryl methyl sites for hydroxylation is 1. The first kappa shape index (κ1) is 11.2. The predicted octanol–water partition coefficient (Wildman–Crippen LogP) is 3.36. The maximum absolute atomic E-state index is 9.33. The maximum atomic E-state index is 9.33. The largest absolute Gasteiger partial charge is 0.385 e. The molecule has 0 amide bonds. The molecule has 0 saturated carbocycles. The van der Waals surface area contributed by atoms with Crippen molar-refractivity contribution in [3.63, 3.8) is 0 Å². The van der Waals surface area contributed by atoms with E-state index < -0.39 is 6.10 Å². The van der Waals surface area contributed by atoms with Crippen molar-refractivity contribution in [2.24, 2.45) is 0 Å². The fraction of sp³-hybridized carbons (Fsp3) is 0.250. The molecule has 2 rings (SSSR count). The Morgan fingerprint density at radius 2 is 2.12 bits per heavy atom. The first-order valence-electron chi connectivity index (χ1n) is 4.99. The van der Waals surface area contributed by atoms with Gasteiger partial charge in [0.1, 0.15) is 11.8 Å². The summed E-state index contributed by atoms with van der Waals surface area (Å²) in [6.07, 6.45) is -0.662. The highest BCUT2D eigenvalue weighted by atomic mass is 35.5. The van der Waals surface area contributed by atoms with Crippen LogP contribution >= 0.6 is 11.6 Å². The van der Waals surface area contributed by atoms with E-state index in [-0.39, 0.29) is 0 Å². The molecule has 3 nitrogen and oxygen atoms in total. The molecule has 16 heavy (non-hydrogen) atoms. The van der Waals surface area contributed by atoms with Crippen molar-refractivity contribution < 1.29 is 9.63 Å². The van der Waals surface area contributed by atoms with Crippen LogP contribution in [0.4, 0.5) is 0 Å². The Morgan fingerprint density at radius 3 is 2.69 bits per heavy atom. The summed E-state index contributed by atoms with van der Waals surface area (Å²) >= 11 is 6.11. The lowest BCUT2D eigenvalue weighted by molar-refractivity contribution is 0.158. The lowest BCUT2D eigenvalue weighted by Gasteiger charge is -2.00. The van der Waals surface area contributed by atoms with E-state index in [0.717, 1.165) is 11.1 Å². The summed E-state index contributed by atoms with van der Waals surface area (Å²) < 4.78 is 5.01. The molecule has 1 heterocycles. The Kier molecular flexibility index (Phi) is 2.99. The zero-order chi connectivity index (χ0) is 11.7. The molecule has 0 bridgehead atoms. The van der Waals surface area contributed by atoms with Crippen LogP contribution in [0.25, 0.3) is 11.3 Å². The number of aliphatic hydroxyl groups is 1. The van der Waals surface area contributed by atoms with Crippen LogP contribution in [-0.4, -0.2) is 10.3 Å². The Hall–Kier alpha value is -1.32.